The molecule has 138 valence electrons. The number of anilines is 1. The fourth-order valence-corrected chi connectivity index (χ4v) is 2.34. The highest BCUT2D eigenvalue weighted by Crippen LogP contribution is 2.22. The van der Waals surface area contributed by atoms with E-state index in [1.807, 2.05) is 6.92 Å². The number of nitro benzene ring substituents is 1. The number of hydrogen-bond acceptors (Lipinski definition) is 7. The molecule has 0 saturated carbocycles. The first-order chi connectivity index (χ1) is 13.0. The van der Waals surface area contributed by atoms with Crippen LogP contribution in [0.15, 0.2) is 52.9 Å². The van der Waals surface area contributed by atoms with Crippen molar-refractivity contribution in [3.8, 4) is 17.2 Å². The van der Waals surface area contributed by atoms with E-state index < -0.39 is 4.92 Å². The molecule has 0 radical (unpaired) electrons. The largest absolute Gasteiger partial charge is 0.494 e. The van der Waals surface area contributed by atoms with E-state index in [-0.39, 0.29) is 29.9 Å². The Morgan fingerprint density at radius 2 is 1.85 bits per heavy atom. The molecule has 0 spiro atoms. The first kappa shape index (κ1) is 18.1. The van der Waals surface area contributed by atoms with E-state index in [0.717, 1.165) is 5.75 Å². The lowest BCUT2D eigenvalue weighted by Gasteiger charge is -2.02. The maximum Gasteiger partial charge on any atom is 0.322 e. The Hall–Kier alpha value is -3.75. The van der Waals surface area contributed by atoms with E-state index in [0.29, 0.717) is 17.7 Å². The number of nitrogens with one attached hydrogen (secondary N) is 1. The Kier molecular flexibility index (Phi) is 5.41. The van der Waals surface area contributed by atoms with Crippen molar-refractivity contribution in [3.63, 3.8) is 0 Å². The quantitative estimate of drug-likeness (QED) is 0.502. The van der Waals surface area contributed by atoms with Crippen molar-refractivity contribution in [2.45, 2.75) is 13.3 Å². The molecule has 0 aliphatic rings. The average Bonchev–Trinajstić information content (AvgIpc) is 3.11. The van der Waals surface area contributed by atoms with E-state index in [2.05, 4.69) is 15.5 Å². The summed E-state index contributed by atoms with van der Waals surface area (Å²) >= 11 is 0. The molecule has 27 heavy (non-hydrogen) atoms. The lowest BCUT2D eigenvalue weighted by atomic mass is 10.1. The summed E-state index contributed by atoms with van der Waals surface area (Å²) in [6.07, 6.45) is 0.0265. The van der Waals surface area contributed by atoms with Gasteiger partial charge in [0.15, 0.2) is 0 Å². The van der Waals surface area contributed by atoms with Gasteiger partial charge in [0.25, 0.3) is 5.69 Å². The van der Waals surface area contributed by atoms with Gasteiger partial charge < -0.3 is 9.15 Å². The van der Waals surface area contributed by atoms with E-state index in [1.54, 1.807) is 24.3 Å². The molecule has 3 aromatic rings. The second-order valence-electron chi connectivity index (χ2n) is 5.52. The van der Waals surface area contributed by atoms with Crippen LogP contribution in [0.3, 0.4) is 0 Å². The third-order valence-corrected chi connectivity index (χ3v) is 3.60. The fraction of sp³-hybridized carbons (Fsp3) is 0.167. The molecule has 9 heteroatoms. The Morgan fingerprint density at radius 3 is 2.48 bits per heavy atom. The van der Waals surface area contributed by atoms with Crippen molar-refractivity contribution in [3.05, 3.63) is 64.2 Å². The summed E-state index contributed by atoms with van der Waals surface area (Å²) in [5, 5.41) is 20.9. The number of carbonyl (C=O) groups is 1. The minimum atomic E-state index is -0.495. The predicted octanol–water partition coefficient (Wildman–Crippen LogP) is 3.22. The smallest absolute Gasteiger partial charge is 0.322 e. The van der Waals surface area contributed by atoms with Gasteiger partial charge in [-0.2, -0.15) is 0 Å². The van der Waals surface area contributed by atoms with Crippen LogP contribution in [-0.2, 0) is 11.2 Å². The minimum Gasteiger partial charge on any atom is -0.494 e. The molecular formula is C18H16N4O5. The van der Waals surface area contributed by atoms with Gasteiger partial charge in [-0.25, -0.2) is 0 Å². The molecule has 0 bridgehead atoms. The van der Waals surface area contributed by atoms with E-state index in [4.69, 9.17) is 9.15 Å². The van der Waals surface area contributed by atoms with Crippen LogP contribution in [0.4, 0.5) is 11.7 Å². The zero-order chi connectivity index (χ0) is 19.2. The summed E-state index contributed by atoms with van der Waals surface area (Å²) in [5.41, 5.74) is 1.29. The molecule has 0 fully saturated rings. The van der Waals surface area contributed by atoms with E-state index >= 15 is 0 Å². The zero-order valence-corrected chi connectivity index (χ0v) is 14.4. The maximum absolute atomic E-state index is 12.1. The summed E-state index contributed by atoms with van der Waals surface area (Å²) in [6.45, 7) is 2.47. The Labute approximate surface area is 154 Å². The van der Waals surface area contributed by atoms with Crippen molar-refractivity contribution in [1.82, 2.24) is 10.2 Å². The summed E-state index contributed by atoms with van der Waals surface area (Å²) in [5.74, 6) is 0.631. The van der Waals surface area contributed by atoms with Gasteiger partial charge in [0.2, 0.25) is 11.8 Å². The molecule has 0 aliphatic heterocycles. The van der Waals surface area contributed by atoms with Crippen LogP contribution in [0.5, 0.6) is 5.75 Å². The molecule has 0 unspecified atom stereocenters. The van der Waals surface area contributed by atoms with Gasteiger partial charge in [-0.1, -0.05) is 17.2 Å². The SMILES string of the molecule is CCOc1ccc(-c2nnc(NC(=O)Cc3ccc([N+](=O)[O-])cc3)o2)cc1. The predicted molar refractivity (Wildman–Crippen MR) is 96.3 cm³/mol. The fourth-order valence-electron chi connectivity index (χ4n) is 2.34. The van der Waals surface area contributed by atoms with Crippen LogP contribution in [0, 0.1) is 10.1 Å². The van der Waals surface area contributed by atoms with Crippen LogP contribution in [-0.4, -0.2) is 27.6 Å². The standard InChI is InChI=1S/C18H16N4O5/c1-2-26-15-9-5-13(6-10-15)17-20-21-18(27-17)19-16(23)11-12-3-7-14(8-4-12)22(24)25/h3-10H,2,11H2,1H3,(H,19,21,23). The van der Waals surface area contributed by atoms with E-state index in [1.165, 1.54) is 24.3 Å². The number of nitro groups is 1. The number of carbonyl (C=O) groups excluding carboxylic acids is 1. The summed E-state index contributed by atoms with van der Waals surface area (Å²) in [4.78, 5) is 22.2. The molecular weight excluding hydrogens is 352 g/mol. The number of hydrogen-bond donors (Lipinski definition) is 1. The number of nitrogens with zero attached hydrogens (tertiary/aromatic N) is 3. The zero-order valence-electron chi connectivity index (χ0n) is 14.4. The molecule has 3 rings (SSSR count). The third kappa shape index (κ3) is 4.66. The molecule has 1 aromatic heterocycles. The maximum atomic E-state index is 12.1. The highest BCUT2D eigenvalue weighted by atomic mass is 16.6. The van der Waals surface area contributed by atoms with Gasteiger partial charge in [-0.15, -0.1) is 5.10 Å². The topological polar surface area (TPSA) is 120 Å². The van der Waals surface area contributed by atoms with E-state index in [9.17, 15) is 14.9 Å². The molecule has 9 nitrogen and oxygen atoms in total. The van der Waals surface area contributed by atoms with Gasteiger partial charge in [0.1, 0.15) is 5.75 Å². The first-order valence-electron chi connectivity index (χ1n) is 8.15. The molecule has 0 saturated heterocycles. The molecule has 1 N–H and O–H groups in total. The highest BCUT2D eigenvalue weighted by molar-refractivity contribution is 5.90. The second kappa shape index (κ2) is 8.09. The molecule has 2 aromatic carbocycles. The monoisotopic (exact) mass is 368 g/mol. The van der Waals surface area contributed by atoms with Gasteiger partial charge in [-0.05, 0) is 36.8 Å². The van der Waals surface area contributed by atoms with Crippen LogP contribution in [0.2, 0.25) is 0 Å². The van der Waals surface area contributed by atoms with Crippen LogP contribution in [0.25, 0.3) is 11.5 Å². The number of rotatable bonds is 7. The van der Waals surface area contributed by atoms with Gasteiger partial charge in [0.05, 0.1) is 18.0 Å². The van der Waals surface area contributed by atoms with Crippen molar-refractivity contribution in [2.24, 2.45) is 0 Å². The first-order valence-corrected chi connectivity index (χ1v) is 8.15. The highest BCUT2D eigenvalue weighted by Gasteiger charge is 2.13. The Balaban J connectivity index is 1.61. The lowest BCUT2D eigenvalue weighted by Crippen LogP contribution is -2.14. The third-order valence-electron chi connectivity index (χ3n) is 3.60. The summed E-state index contributed by atoms with van der Waals surface area (Å²) in [7, 11) is 0. The number of non-ortho nitro benzene ring substituents is 1. The van der Waals surface area contributed by atoms with Crippen LogP contribution in [0.1, 0.15) is 12.5 Å². The number of aromatic nitrogens is 2. The average molecular weight is 368 g/mol. The normalized spacial score (nSPS) is 10.4. The second-order valence-corrected chi connectivity index (χ2v) is 5.52. The van der Waals surface area contributed by atoms with Crippen molar-refractivity contribution in [1.29, 1.82) is 0 Å². The van der Waals surface area contributed by atoms with Gasteiger partial charge >= 0.3 is 6.01 Å². The van der Waals surface area contributed by atoms with Gasteiger partial charge in [0, 0.05) is 17.7 Å². The van der Waals surface area contributed by atoms with Crippen molar-refractivity contribution in [2.75, 3.05) is 11.9 Å². The number of ether oxygens (including phenoxy) is 1. The van der Waals surface area contributed by atoms with Crippen molar-refractivity contribution < 1.29 is 18.9 Å². The Morgan fingerprint density at radius 1 is 1.15 bits per heavy atom. The molecule has 0 atom stereocenters. The van der Waals surface area contributed by atoms with Crippen molar-refractivity contribution >= 4 is 17.6 Å². The Bertz CT molecular complexity index is 935. The summed E-state index contributed by atoms with van der Waals surface area (Å²) < 4.78 is 10.8. The molecule has 0 aliphatic carbocycles. The molecule has 1 heterocycles. The number of amides is 1. The van der Waals surface area contributed by atoms with Crippen LogP contribution >= 0.6 is 0 Å². The van der Waals surface area contributed by atoms with Crippen LogP contribution < -0.4 is 10.1 Å². The molecule has 1 amide bonds. The summed E-state index contributed by atoms with van der Waals surface area (Å²) in [6, 6.07) is 12.9. The number of benzene rings is 2. The lowest BCUT2D eigenvalue weighted by molar-refractivity contribution is -0.384. The minimum absolute atomic E-state index is 0.0224. The van der Waals surface area contributed by atoms with Gasteiger partial charge in [-0.3, -0.25) is 20.2 Å².